The second kappa shape index (κ2) is 4.74. The van der Waals surface area contributed by atoms with Crippen LogP contribution in [0.5, 0.6) is 0 Å². The molecule has 1 nitrogen and oxygen atoms in total. The Bertz CT molecular complexity index is 86.6. The summed E-state index contributed by atoms with van der Waals surface area (Å²) in [5, 5.41) is -0.460. The summed E-state index contributed by atoms with van der Waals surface area (Å²) in [6.07, 6.45) is 0.108. The van der Waals surface area contributed by atoms with Gasteiger partial charge in [0, 0.05) is 6.42 Å². The van der Waals surface area contributed by atoms with Crippen LogP contribution in [0.3, 0.4) is 0 Å². The summed E-state index contributed by atoms with van der Waals surface area (Å²) in [6, 6.07) is 0. The topological polar surface area (TPSA) is 17.1 Å². The minimum Gasteiger partial charge on any atom is -0.281 e. The Hall–Kier alpha value is 0.890. The molecular formula is C3H3Cl3OS. The van der Waals surface area contributed by atoms with Gasteiger partial charge < -0.3 is 0 Å². The molecule has 0 N–H and O–H groups in total. The van der Waals surface area contributed by atoms with Crippen LogP contribution in [0.15, 0.2) is 0 Å². The number of carbonyl (C=O) groups is 1. The Morgan fingerprint density at radius 2 is 2.25 bits per heavy atom. The highest BCUT2D eigenvalue weighted by Gasteiger charge is 2.06. The molecule has 0 heterocycles. The zero-order chi connectivity index (χ0) is 6.57. The number of carbonyl (C=O) groups excluding carboxylic acids is 1. The molecule has 5 heteroatoms. The van der Waals surface area contributed by atoms with Gasteiger partial charge >= 0.3 is 0 Å². The zero-order valence-electron chi connectivity index (χ0n) is 3.73. The summed E-state index contributed by atoms with van der Waals surface area (Å²) in [5.41, 5.74) is 0. The van der Waals surface area contributed by atoms with E-state index in [2.05, 4.69) is 0 Å². The Morgan fingerprint density at radius 3 is 2.38 bits per heavy atom. The maximum atomic E-state index is 10.0. The number of halogens is 3. The standard InChI is InChI=1S/C3H3Cl3OS/c4-2(7)1-3(5)8-6/h3H,1H2. The molecule has 0 saturated carbocycles. The van der Waals surface area contributed by atoms with Crippen LogP contribution >= 0.6 is 44.9 Å². The predicted molar refractivity (Wildman–Crippen MR) is 38.6 cm³/mol. The highest BCUT2D eigenvalue weighted by atomic mass is 35.7. The predicted octanol–water partition coefficient (Wildman–Crippen LogP) is 2.59. The molecule has 0 aromatic carbocycles. The third kappa shape index (κ3) is 5.04. The second-order valence-electron chi connectivity index (χ2n) is 1.06. The van der Waals surface area contributed by atoms with Gasteiger partial charge in [-0.3, -0.25) is 4.79 Å². The third-order valence-electron chi connectivity index (χ3n) is 0.418. The van der Waals surface area contributed by atoms with Crippen molar-refractivity contribution in [3.63, 3.8) is 0 Å². The van der Waals surface area contributed by atoms with E-state index in [9.17, 15) is 4.79 Å². The van der Waals surface area contributed by atoms with E-state index in [-0.39, 0.29) is 6.42 Å². The van der Waals surface area contributed by atoms with Gasteiger partial charge in [0.1, 0.15) is 4.71 Å². The minimum atomic E-state index is -0.460. The average Bonchev–Trinajstić information content (AvgIpc) is 1.65. The van der Waals surface area contributed by atoms with Crippen LogP contribution in [0.1, 0.15) is 6.42 Å². The lowest BCUT2D eigenvalue weighted by atomic mass is 10.5. The van der Waals surface area contributed by atoms with Crippen molar-refractivity contribution >= 4 is 50.1 Å². The van der Waals surface area contributed by atoms with Crippen molar-refractivity contribution in [3.8, 4) is 0 Å². The average molecular weight is 193 g/mol. The molecule has 0 aliphatic rings. The van der Waals surface area contributed by atoms with Crippen LogP contribution in [-0.4, -0.2) is 9.95 Å². The van der Waals surface area contributed by atoms with Gasteiger partial charge in [0.25, 0.3) is 0 Å². The molecule has 0 aliphatic heterocycles. The van der Waals surface area contributed by atoms with Crippen molar-refractivity contribution in [2.24, 2.45) is 0 Å². The Morgan fingerprint density at radius 1 is 1.75 bits per heavy atom. The molecular weight excluding hydrogens is 190 g/mol. The Labute approximate surface area is 66.2 Å². The first kappa shape index (κ1) is 8.89. The van der Waals surface area contributed by atoms with Crippen LogP contribution < -0.4 is 0 Å². The fourth-order valence-corrected chi connectivity index (χ4v) is 1.03. The maximum absolute atomic E-state index is 10.0. The molecule has 1 atom stereocenters. The normalized spacial score (nSPS) is 13.4. The van der Waals surface area contributed by atoms with E-state index in [0.29, 0.717) is 0 Å². The summed E-state index contributed by atoms with van der Waals surface area (Å²) < 4.78 is -0.401. The number of alkyl halides is 1. The van der Waals surface area contributed by atoms with Gasteiger partial charge in [0.05, 0.1) is 0 Å². The van der Waals surface area contributed by atoms with Gasteiger partial charge in [-0.2, -0.15) is 0 Å². The van der Waals surface area contributed by atoms with Gasteiger partial charge in [0.2, 0.25) is 5.24 Å². The molecule has 48 valence electrons. The van der Waals surface area contributed by atoms with Crippen molar-refractivity contribution in [2.45, 2.75) is 11.1 Å². The lowest BCUT2D eigenvalue weighted by Crippen LogP contribution is -1.94. The molecule has 0 radical (unpaired) electrons. The molecule has 0 amide bonds. The van der Waals surface area contributed by atoms with E-state index in [1.54, 1.807) is 0 Å². The molecule has 8 heavy (non-hydrogen) atoms. The molecule has 0 saturated heterocycles. The molecule has 0 bridgehead atoms. The molecule has 0 rings (SSSR count). The number of hydrogen-bond acceptors (Lipinski definition) is 2. The summed E-state index contributed by atoms with van der Waals surface area (Å²) in [7, 11) is 6.06. The van der Waals surface area contributed by atoms with Gasteiger partial charge in [0.15, 0.2) is 0 Å². The first-order chi connectivity index (χ1) is 3.66. The summed E-state index contributed by atoms with van der Waals surface area (Å²) in [5.74, 6) is 0. The van der Waals surface area contributed by atoms with Crippen LogP contribution in [-0.2, 0) is 4.79 Å². The highest BCUT2D eigenvalue weighted by molar-refractivity contribution is 8.22. The molecule has 1 unspecified atom stereocenters. The fraction of sp³-hybridized carbons (Fsp3) is 0.667. The lowest BCUT2D eigenvalue weighted by Gasteiger charge is -1.95. The van der Waals surface area contributed by atoms with Crippen molar-refractivity contribution in [2.75, 3.05) is 0 Å². The third-order valence-corrected chi connectivity index (χ3v) is 2.27. The van der Waals surface area contributed by atoms with E-state index < -0.39 is 9.95 Å². The van der Waals surface area contributed by atoms with Crippen LogP contribution in [0.4, 0.5) is 0 Å². The minimum absolute atomic E-state index is 0.108. The van der Waals surface area contributed by atoms with Gasteiger partial charge in [-0.25, -0.2) is 0 Å². The van der Waals surface area contributed by atoms with Gasteiger partial charge in [-0.15, -0.1) is 11.6 Å². The van der Waals surface area contributed by atoms with Crippen LogP contribution in [0, 0.1) is 0 Å². The molecule has 0 aromatic heterocycles. The quantitative estimate of drug-likeness (QED) is 0.506. The van der Waals surface area contributed by atoms with E-state index in [4.69, 9.17) is 33.9 Å². The highest BCUT2D eigenvalue weighted by Crippen LogP contribution is 2.22. The molecule has 0 aromatic rings. The van der Waals surface area contributed by atoms with E-state index >= 15 is 0 Å². The summed E-state index contributed by atoms with van der Waals surface area (Å²) >= 11 is 10.3. The van der Waals surface area contributed by atoms with Crippen molar-refractivity contribution in [1.29, 1.82) is 0 Å². The molecule has 0 fully saturated rings. The Kier molecular flexibility index (Phi) is 5.27. The monoisotopic (exact) mass is 192 g/mol. The number of hydrogen-bond donors (Lipinski definition) is 0. The summed E-state index contributed by atoms with van der Waals surface area (Å²) in [6.45, 7) is 0. The van der Waals surface area contributed by atoms with Crippen LogP contribution in [0.25, 0.3) is 0 Å². The SMILES string of the molecule is O=C(Cl)CC(Cl)SCl. The second-order valence-corrected chi connectivity index (χ2v) is 3.55. The molecule has 0 spiro atoms. The largest absolute Gasteiger partial charge is 0.281 e. The summed E-state index contributed by atoms with van der Waals surface area (Å²) in [4.78, 5) is 10.0. The lowest BCUT2D eigenvalue weighted by molar-refractivity contribution is -0.111. The van der Waals surface area contributed by atoms with Crippen molar-refractivity contribution in [3.05, 3.63) is 0 Å². The zero-order valence-corrected chi connectivity index (χ0v) is 6.82. The van der Waals surface area contributed by atoms with E-state index in [1.807, 2.05) is 0 Å². The fourth-order valence-electron chi connectivity index (χ4n) is 0.158. The van der Waals surface area contributed by atoms with Crippen LogP contribution in [0.2, 0.25) is 0 Å². The van der Waals surface area contributed by atoms with E-state index in [1.165, 1.54) is 0 Å². The van der Waals surface area contributed by atoms with Crippen molar-refractivity contribution in [1.82, 2.24) is 0 Å². The van der Waals surface area contributed by atoms with Gasteiger partial charge in [-0.1, -0.05) is 0 Å². The first-order valence-corrected chi connectivity index (χ1v) is 4.28. The number of rotatable bonds is 3. The van der Waals surface area contributed by atoms with Gasteiger partial charge in [-0.05, 0) is 33.3 Å². The smallest absolute Gasteiger partial charge is 0.224 e. The molecule has 0 aliphatic carbocycles. The first-order valence-electron chi connectivity index (χ1n) is 1.76. The van der Waals surface area contributed by atoms with Crippen molar-refractivity contribution < 1.29 is 4.79 Å². The maximum Gasteiger partial charge on any atom is 0.224 e. The van der Waals surface area contributed by atoms with E-state index in [0.717, 1.165) is 11.0 Å². The Balaban J connectivity index is 3.24.